The molecule has 9 N–H and O–H groups in total. The highest BCUT2D eigenvalue weighted by Crippen LogP contribution is 2.01. The van der Waals surface area contributed by atoms with Crippen molar-refractivity contribution < 1.29 is 34.2 Å². The van der Waals surface area contributed by atoms with Crippen LogP contribution in [-0.4, -0.2) is 76.3 Å². The number of amides is 4. The smallest absolute Gasteiger partial charge is 0.326 e. The SMILES string of the molecule is CC(O)C(NC(=O)CNC(=O)C(N)CS)C(=O)NC(CCC(N)=O)C(=O)O. The minimum Gasteiger partial charge on any atom is -0.480 e. The number of hydrogen-bond acceptors (Lipinski definition) is 8. The number of carbonyl (C=O) groups excluding carboxylic acids is 4. The minimum absolute atomic E-state index is 0.0635. The third kappa shape index (κ3) is 9.77. The van der Waals surface area contributed by atoms with Gasteiger partial charge in [0, 0.05) is 12.2 Å². The van der Waals surface area contributed by atoms with Crippen LogP contribution >= 0.6 is 12.6 Å². The van der Waals surface area contributed by atoms with Crippen LogP contribution in [-0.2, 0) is 24.0 Å². The molecule has 0 radical (unpaired) electrons. The highest BCUT2D eigenvalue weighted by Gasteiger charge is 2.29. The molecule has 12 nitrogen and oxygen atoms in total. The zero-order chi connectivity index (χ0) is 21.1. The van der Waals surface area contributed by atoms with Crippen molar-refractivity contribution in [3.63, 3.8) is 0 Å². The third-order valence-electron chi connectivity index (χ3n) is 3.33. The largest absolute Gasteiger partial charge is 0.480 e. The first-order valence-corrected chi connectivity index (χ1v) is 8.55. The van der Waals surface area contributed by atoms with Crippen molar-refractivity contribution in [2.75, 3.05) is 12.3 Å². The zero-order valence-electron chi connectivity index (χ0n) is 14.7. The number of carboxylic acids is 1. The molecule has 0 aromatic carbocycles. The van der Waals surface area contributed by atoms with Crippen molar-refractivity contribution in [1.29, 1.82) is 0 Å². The molecule has 0 saturated heterocycles. The number of aliphatic hydroxyl groups is 1. The molecule has 4 unspecified atom stereocenters. The summed E-state index contributed by atoms with van der Waals surface area (Å²) < 4.78 is 0. The Bertz CT molecular complexity index is 572. The van der Waals surface area contributed by atoms with Crippen LogP contribution in [0, 0.1) is 0 Å². The number of rotatable bonds is 12. The lowest BCUT2D eigenvalue weighted by atomic mass is 10.1. The standard InChI is InChI=1S/C14H25N5O7S/c1-6(20)11(19-10(22)4-17-12(23)7(15)5-27)13(24)18-8(14(25)26)2-3-9(16)21/h6-8,11,20,27H,2-5,15H2,1H3,(H2,16,21)(H,17,23)(H,18,24)(H,19,22)(H,25,26). The Kier molecular flexibility index (Phi) is 11.0. The fourth-order valence-corrected chi connectivity index (χ4v) is 1.98. The van der Waals surface area contributed by atoms with Crippen LogP contribution in [0.2, 0.25) is 0 Å². The van der Waals surface area contributed by atoms with Crippen molar-refractivity contribution in [2.24, 2.45) is 11.5 Å². The molecule has 0 aliphatic carbocycles. The predicted molar refractivity (Wildman–Crippen MR) is 96.4 cm³/mol. The molecule has 0 spiro atoms. The van der Waals surface area contributed by atoms with Crippen molar-refractivity contribution in [1.82, 2.24) is 16.0 Å². The lowest BCUT2D eigenvalue weighted by Crippen LogP contribution is -2.57. The maximum Gasteiger partial charge on any atom is 0.326 e. The third-order valence-corrected chi connectivity index (χ3v) is 3.73. The molecule has 0 saturated carbocycles. The van der Waals surface area contributed by atoms with Gasteiger partial charge in [-0.3, -0.25) is 19.2 Å². The number of nitrogens with two attached hydrogens (primary N) is 2. The number of carboxylic acid groups (broad SMARTS) is 1. The number of aliphatic carboxylic acids is 1. The van der Waals surface area contributed by atoms with Crippen molar-refractivity contribution in [3.05, 3.63) is 0 Å². The summed E-state index contributed by atoms with van der Waals surface area (Å²) in [5.74, 6) is -4.50. The van der Waals surface area contributed by atoms with Gasteiger partial charge in [-0.25, -0.2) is 4.79 Å². The van der Waals surface area contributed by atoms with Crippen LogP contribution in [0.25, 0.3) is 0 Å². The molecule has 4 amide bonds. The molecule has 4 atom stereocenters. The second-order valence-corrected chi connectivity index (χ2v) is 6.06. The Morgan fingerprint density at radius 1 is 1.11 bits per heavy atom. The molecule has 0 aromatic rings. The van der Waals surface area contributed by atoms with E-state index in [0.29, 0.717) is 0 Å². The summed E-state index contributed by atoms with van der Waals surface area (Å²) in [6, 6.07) is -3.84. The first-order valence-electron chi connectivity index (χ1n) is 7.92. The molecule has 0 heterocycles. The normalized spacial score (nSPS) is 15.0. The van der Waals surface area contributed by atoms with Crippen LogP contribution in [0.4, 0.5) is 0 Å². The van der Waals surface area contributed by atoms with E-state index >= 15 is 0 Å². The summed E-state index contributed by atoms with van der Waals surface area (Å²) in [5.41, 5.74) is 10.4. The fraction of sp³-hybridized carbons (Fsp3) is 0.643. The summed E-state index contributed by atoms with van der Waals surface area (Å²) >= 11 is 3.84. The lowest BCUT2D eigenvalue weighted by Gasteiger charge is -2.23. The van der Waals surface area contributed by atoms with Gasteiger partial charge in [0.05, 0.1) is 18.7 Å². The van der Waals surface area contributed by atoms with Crippen molar-refractivity contribution in [2.45, 2.75) is 44.0 Å². The number of hydrogen-bond donors (Lipinski definition) is 8. The van der Waals surface area contributed by atoms with E-state index in [9.17, 15) is 29.1 Å². The van der Waals surface area contributed by atoms with Gasteiger partial charge in [-0.1, -0.05) is 0 Å². The quantitative estimate of drug-likeness (QED) is 0.149. The number of thiol groups is 1. The van der Waals surface area contributed by atoms with E-state index in [1.807, 2.05) is 0 Å². The van der Waals surface area contributed by atoms with Gasteiger partial charge in [0.1, 0.15) is 12.1 Å². The zero-order valence-corrected chi connectivity index (χ0v) is 15.6. The monoisotopic (exact) mass is 407 g/mol. The van der Waals surface area contributed by atoms with Crippen LogP contribution in [0.15, 0.2) is 0 Å². The lowest BCUT2D eigenvalue weighted by molar-refractivity contribution is -0.143. The van der Waals surface area contributed by atoms with Crippen LogP contribution in [0.3, 0.4) is 0 Å². The molecular formula is C14H25N5O7S. The van der Waals surface area contributed by atoms with E-state index in [1.165, 1.54) is 6.92 Å². The molecule has 0 fully saturated rings. The first-order chi connectivity index (χ1) is 12.5. The number of primary amides is 1. The topological polar surface area (TPSA) is 214 Å². The van der Waals surface area contributed by atoms with Crippen LogP contribution in [0.5, 0.6) is 0 Å². The van der Waals surface area contributed by atoms with Crippen LogP contribution < -0.4 is 27.4 Å². The number of nitrogens with one attached hydrogen (secondary N) is 3. The molecule has 0 aliphatic heterocycles. The van der Waals surface area contributed by atoms with Crippen molar-refractivity contribution in [3.8, 4) is 0 Å². The van der Waals surface area contributed by atoms with Gasteiger partial charge in [-0.2, -0.15) is 12.6 Å². The van der Waals surface area contributed by atoms with E-state index in [2.05, 4.69) is 28.6 Å². The van der Waals surface area contributed by atoms with E-state index in [4.69, 9.17) is 16.6 Å². The molecule has 0 bridgehead atoms. The summed E-state index contributed by atoms with van der Waals surface area (Å²) in [4.78, 5) is 57.4. The Balaban J connectivity index is 4.82. The van der Waals surface area contributed by atoms with E-state index in [0.717, 1.165) is 0 Å². The van der Waals surface area contributed by atoms with Gasteiger partial charge < -0.3 is 37.6 Å². The summed E-state index contributed by atoms with van der Waals surface area (Å²) in [7, 11) is 0. The Hall–Kier alpha value is -2.38. The fourth-order valence-electron chi connectivity index (χ4n) is 1.82. The Morgan fingerprint density at radius 2 is 1.70 bits per heavy atom. The van der Waals surface area contributed by atoms with Gasteiger partial charge in [-0.05, 0) is 13.3 Å². The van der Waals surface area contributed by atoms with Gasteiger partial charge in [0.2, 0.25) is 23.6 Å². The maximum absolute atomic E-state index is 12.2. The molecule has 0 aliphatic rings. The minimum atomic E-state index is -1.48. The molecular weight excluding hydrogens is 382 g/mol. The van der Waals surface area contributed by atoms with E-state index < -0.39 is 60.4 Å². The van der Waals surface area contributed by atoms with E-state index in [-0.39, 0.29) is 18.6 Å². The highest BCUT2D eigenvalue weighted by atomic mass is 32.1. The van der Waals surface area contributed by atoms with Gasteiger partial charge in [0.25, 0.3) is 0 Å². The molecule has 0 rings (SSSR count). The number of aliphatic hydroxyl groups excluding tert-OH is 1. The average Bonchev–Trinajstić information content (AvgIpc) is 2.59. The second-order valence-electron chi connectivity index (χ2n) is 5.70. The number of carbonyl (C=O) groups is 5. The second kappa shape index (κ2) is 12.1. The predicted octanol–water partition coefficient (Wildman–Crippen LogP) is -3.94. The van der Waals surface area contributed by atoms with E-state index in [1.54, 1.807) is 0 Å². The Labute approximate surface area is 160 Å². The molecule has 0 aromatic heterocycles. The summed E-state index contributed by atoms with van der Waals surface area (Å²) in [5, 5.41) is 25.3. The van der Waals surface area contributed by atoms with Gasteiger partial charge in [-0.15, -0.1) is 0 Å². The van der Waals surface area contributed by atoms with Crippen LogP contribution in [0.1, 0.15) is 19.8 Å². The molecule has 13 heteroatoms. The maximum atomic E-state index is 12.2. The first kappa shape index (κ1) is 24.6. The average molecular weight is 407 g/mol. The molecule has 27 heavy (non-hydrogen) atoms. The Morgan fingerprint density at radius 3 is 2.15 bits per heavy atom. The molecule has 154 valence electrons. The van der Waals surface area contributed by atoms with Crippen molar-refractivity contribution >= 4 is 42.2 Å². The highest BCUT2D eigenvalue weighted by molar-refractivity contribution is 7.80. The summed E-state index contributed by atoms with van der Waals surface area (Å²) in [6.45, 7) is 0.694. The van der Waals surface area contributed by atoms with Gasteiger partial charge >= 0.3 is 5.97 Å². The summed E-state index contributed by atoms with van der Waals surface area (Å²) in [6.07, 6.45) is -1.90. The van der Waals surface area contributed by atoms with Gasteiger partial charge in [0.15, 0.2) is 0 Å².